The van der Waals surface area contributed by atoms with E-state index in [0.717, 1.165) is 22.7 Å². The lowest BCUT2D eigenvalue weighted by Crippen LogP contribution is -2.12. The molecule has 2 rings (SSSR count). The number of alkyl halides is 3. The highest BCUT2D eigenvalue weighted by atomic mass is 19.4. The molecule has 0 N–H and O–H groups in total. The molecule has 0 aromatic carbocycles. The maximum Gasteiger partial charge on any atom is 0.433 e. The summed E-state index contributed by atoms with van der Waals surface area (Å²) in [6.07, 6.45) is -3.28. The second-order valence-corrected chi connectivity index (χ2v) is 4.62. The average molecular weight is 259 g/mol. The third-order valence-corrected chi connectivity index (χ3v) is 1.77. The van der Waals surface area contributed by atoms with E-state index in [2.05, 4.69) is 30.9 Å². The summed E-state index contributed by atoms with van der Waals surface area (Å²) in [5.41, 5.74) is -0.0953. The number of aromatic nitrogens is 3. The minimum Gasteiger partial charge on any atom is -0.237 e. The molecule has 0 saturated heterocycles. The van der Waals surface area contributed by atoms with Crippen LogP contribution in [0.5, 0.6) is 0 Å². The Morgan fingerprint density at radius 3 is 2.28 bits per heavy atom. The first kappa shape index (κ1) is 14.5. The summed E-state index contributed by atoms with van der Waals surface area (Å²) in [4.78, 5) is 3.78. The van der Waals surface area contributed by atoms with Gasteiger partial charge < -0.3 is 0 Å². The maximum absolute atomic E-state index is 12.4. The molecule has 3 nitrogen and oxygen atoms in total. The molecule has 2 aromatic rings. The molecule has 100 valence electrons. The summed E-state index contributed by atoms with van der Waals surface area (Å²) in [5.74, 6) is 0.833. The van der Waals surface area contributed by atoms with E-state index >= 15 is 0 Å². The Labute approximate surface area is 104 Å². The Morgan fingerprint density at radius 2 is 1.78 bits per heavy atom. The number of hydrogen-bond acceptors (Lipinski definition) is 2. The van der Waals surface area contributed by atoms with E-state index in [1.165, 1.54) is 6.07 Å². The molecular weight excluding hydrogens is 243 g/mol. The van der Waals surface area contributed by atoms with E-state index < -0.39 is 11.9 Å². The van der Waals surface area contributed by atoms with E-state index in [4.69, 9.17) is 0 Å². The van der Waals surface area contributed by atoms with Gasteiger partial charge >= 0.3 is 6.18 Å². The SMILES string of the molecule is CC(C)C.Cc1cc2nccc(C(F)(F)F)n2n1. The minimum absolute atomic E-state index is 0.206. The van der Waals surface area contributed by atoms with E-state index in [0.29, 0.717) is 5.69 Å². The predicted octanol–water partition coefficient (Wildman–Crippen LogP) is 3.72. The van der Waals surface area contributed by atoms with Gasteiger partial charge in [0.2, 0.25) is 0 Å². The van der Waals surface area contributed by atoms with E-state index in [-0.39, 0.29) is 5.65 Å². The zero-order valence-electron chi connectivity index (χ0n) is 10.8. The lowest BCUT2D eigenvalue weighted by atomic mass is 10.3. The molecule has 0 amide bonds. The molecule has 0 bridgehead atoms. The van der Waals surface area contributed by atoms with Crippen LogP contribution >= 0.6 is 0 Å². The summed E-state index contributed by atoms with van der Waals surface area (Å²) in [6, 6.07) is 2.40. The van der Waals surface area contributed by atoms with E-state index in [1.54, 1.807) is 6.92 Å². The van der Waals surface area contributed by atoms with Crippen LogP contribution in [0.2, 0.25) is 0 Å². The fourth-order valence-corrected chi connectivity index (χ4v) is 1.22. The van der Waals surface area contributed by atoms with Crippen molar-refractivity contribution in [2.24, 2.45) is 5.92 Å². The zero-order valence-corrected chi connectivity index (χ0v) is 10.8. The Bertz CT molecular complexity index is 512. The van der Waals surface area contributed by atoms with Gasteiger partial charge in [-0.15, -0.1) is 0 Å². The maximum atomic E-state index is 12.4. The predicted molar refractivity (Wildman–Crippen MR) is 63.2 cm³/mol. The quantitative estimate of drug-likeness (QED) is 0.721. The van der Waals surface area contributed by atoms with Gasteiger partial charge in [0.1, 0.15) is 5.69 Å². The molecule has 2 heterocycles. The molecule has 0 fully saturated rings. The normalized spacial score (nSPS) is 11.6. The second-order valence-electron chi connectivity index (χ2n) is 4.62. The highest BCUT2D eigenvalue weighted by Crippen LogP contribution is 2.28. The summed E-state index contributed by atoms with van der Waals surface area (Å²) in [7, 11) is 0. The van der Waals surface area contributed by atoms with Crippen molar-refractivity contribution in [3.05, 3.63) is 29.7 Å². The Kier molecular flexibility index (Phi) is 4.32. The topological polar surface area (TPSA) is 30.2 Å². The monoisotopic (exact) mass is 259 g/mol. The van der Waals surface area contributed by atoms with Gasteiger partial charge in [-0.1, -0.05) is 20.8 Å². The number of fused-ring (bicyclic) bond motifs is 1. The molecule has 0 radical (unpaired) electrons. The molecule has 0 aliphatic carbocycles. The van der Waals surface area contributed by atoms with Crippen molar-refractivity contribution < 1.29 is 13.2 Å². The zero-order chi connectivity index (χ0) is 13.9. The highest BCUT2D eigenvalue weighted by Gasteiger charge is 2.34. The van der Waals surface area contributed by atoms with Crippen LogP contribution in [-0.4, -0.2) is 14.6 Å². The smallest absolute Gasteiger partial charge is 0.237 e. The first-order valence-electron chi connectivity index (χ1n) is 5.60. The summed E-state index contributed by atoms with van der Waals surface area (Å²) < 4.78 is 38.1. The fourth-order valence-electron chi connectivity index (χ4n) is 1.22. The van der Waals surface area contributed by atoms with Gasteiger partial charge in [0.25, 0.3) is 0 Å². The van der Waals surface area contributed by atoms with Crippen LogP contribution in [0.1, 0.15) is 32.2 Å². The van der Waals surface area contributed by atoms with Gasteiger partial charge in [-0.25, -0.2) is 9.50 Å². The standard InChI is InChI=1S/C8H6F3N3.C4H10/c1-5-4-7-12-3-2-6(8(9,10)11)14(7)13-5;1-4(2)3/h2-4H,1H3;4H,1-3H3. The summed E-state index contributed by atoms with van der Waals surface area (Å²) >= 11 is 0. The fraction of sp³-hybridized carbons (Fsp3) is 0.500. The Morgan fingerprint density at radius 1 is 1.22 bits per heavy atom. The largest absolute Gasteiger partial charge is 0.433 e. The number of halogens is 3. The molecule has 0 unspecified atom stereocenters. The summed E-state index contributed by atoms with van der Waals surface area (Å²) in [5, 5.41) is 3.71. The lowest BCUT2D eigenvalue weighted by molar-refractivity contribution is -0.142. The molecule has 0 atom stereocenters. The first-order chi connectivity index (χ1) is 8.21. The molecule has 0 spiro atoms. The minimum atomic E-state index is -4.40. The first-order valence-corrected chi connectivity index (χ1v) is 5.60. The van der Waals surface area contributed by atoms with Gasteiger partial charge in [0.15, 0.2) is 5.65 Å². The average Bonchev–Trinajstić information content (AvgIpc) is 2.54. The molecule has 6 heteroatoms. The van der Waals surface area contributed by atoms with Gasteiger partial charge in [-0.3, -0.25) is 0 Å². The molecule has 0 saturated carbocycles. The van der Waals surface area contributed by atoms with Crippen molar-refractivity contribution in [3.8, 4) is 0 Å². The van der Waals surface area contributed by atoms with Gasteiger partial charge in [-0.2, -0.15) is 18.3 Å². The van der Waals surface area contributed by atoms with Gasteiger partial charge in [-0.05, 0) is 18.9 Å². The molecule has 0 aliphatic rings. The van der Waals surface area contributed by atoms with Crippen LogP contribution in [-0.2, 0) is 6.18 Å². The van der Waals surface area contributed by atoms with Crippen LogP contribution in [0.25, 0.3) is 5.65 Å². The lowest BCUT2D eigenvalue weighted by Gasteiger charge is -2.07. The highest BCUT2D eigenvalue weighted by molar-refractivity contribution is 5.40. The van der Waals surface area contributed by atoms with Crippen molar-refractivity contribution in [3.63, 3.8) is 0 Å². The van der Waals surface area contributed by atoms with Crippen molar-refractivity contribution >= 4 is 5.65 Å². The second kappa shape index (κ2) is 5.37. The van der Waals surface area contributed by atoms with Crippen molar-refractivity contribution in [2.75, 3.05) is 0 Å². The van der Waals surface area contributed by atoms with Crippen molar-refractivity contribution in [2.45, 2.75) is 33.9 Å². The van der Waals surface area contributed by atoms with Crippen molar-refractivity contribution in [1.29, 1.82) is 0 Å². The molecule has 2 aromatic heterocycles. The van der Waals surface area contributed by atoms with E-state index in [1.807, 2.05) is 0 Å². The van der Waals surface area contributed by atoms with Gasteiger partial charge in [0.05, 0.1) is 5.69 Å². The van der Waals surface area contributed by atoms with E-state index in [9.17, 15) is 13.2 Å². The number of nitrogens with zero attached hydrogens (tertiary/aromatic N) is 3. The van der Waals surface area contributed by atoms with Crippen LogP contribution in [0.3, 0.4) is 0 Å². The third-order valence-electron chi connectivity index (χ3n) is 1.77. The molecular formula is C12H16F3N3. The van der Waals surface area contributed by atoms with Crippen LogP contribution in [0.15, 0.2) is 18.3 Å². The van der Waals surface area contributed by atoms with Gasteiger partial charge in [0, 0.05) is 12.3 Å². The molecule has 0 aliphatic heterocycles. The van der Waals surface area contributed by atoms with Crippen LogP contribution in [0.4, 0.5) is 13.2 Å². The number of aryl methyl sites for hydroxylation is 1. The van der Waals surface area contributed by atoms with Crippen molar-refractivity contribution in [1.82, 2.24) is 14.6 Å². The number of hydrogen-bond donors (Lipinski definition) is 0. The number of rotatable bonds is 0. The third kappa shape index (κ3) is 3.72. The van der Waals surface area contributed by atoms with Crippen LogP contribution in [0, 0.1) is 12.8 Å². The summed E-state index contributed by atoms with van der Waals surface area (Å²) in [6.45, 7) is 8.12. The Hall–Kier alpha value is -1.59. The Balaban J connectivity index is 0.000000357. The van der Waals surface area contributed by atoms with Crippen LogP contribution < -0.4 is 0 Å². The molecule has 18 heavy (non-hydrogen) atoms.